The Bertz CT molecular complexity index is 339. The highest BCUT2D eigenvalue weighted by Gasteiger charge is 2.39. The topological polar surface area (TPSA) is 64.4 Å². The molecule has 0 radical (unpaired) electrons. The lowest BCUT2D eigenvalue weighted by Crippen LogP contribution is -2.57. The number of carbonyl (C=O) groups excluding carboxylic acids is 1. The van der Waals surface area contributed by atoms with Crippen LogP contribution >= 0.6 is 0 Å². The molecule has 0 spiro atoms. The maximum Gasteiger partial charge on any atom is 0.240 e. The Morgan fingerprint density at radius 1 is 1.26 bits per heavy atom. The van der Waals surface area contributed by atoms with Gasteiger partial charge in [-0.15, -0.1) is 0 Å². The normalized spacial score (nSPS) is 36.4. The number of amides is 1. The van der Waals surface area contributed by atoms with Gasteiger partial charge in [0.15, 0.2) is 0 Å². The number of nitrogens with one attached hydrogen (secondary N) is 1. The van der Waals surface area contributed by atoms with Crippen molar-refractivity contribution in [3.63, 3.8) is 0 Å². The van der Waals surface area contributed by atoms with E-state index in [0.29, 0.717) is 26.1 Å². The molecule has 4 nitrogen and oxygen atoms in total. The van der Waals surface area contributed by atoms with Crippen LogP contribution in [0.2, 0.25) is 0 Å². The second-order valence-electron chi connectivity index (χ2n) is 6.75. The minimum absolute atomic E-state index is 0.0268. The highest BCUT2D eigenvalue weighted by molar-refractivity contribution is 5.86. The average Bonchev–Trinajstić information content (AvgIpc) is 3.02. The van der Waals surface area contributed by atoms with E-state index in [1.807, 2.05) is 0 Å². The maximum atomic E-state index is 12.2. The van der Waals surface area contributed by atoms with Gasteiger partial charge in [0.25, 0.3) is 0 Å². The fraction of sp³-hybridized carbons (Fsp3) is 0.933. The summed E-state index contributed by atoms with van der Waals surface area (Å²) in [4.78, 5) is 12.2. The van der Waals surface area contributed by atoms with E-state index in [1.54, 1.807) is 0 Å². The summed E-state index contributed by atoms with van der Waals surface area (Å²) in [6, 6.07) is 0. The molecule has 0 aromatic heterocycles. The quantitative estimate of drug-likeness (QED) is 0.809. The molecular weight excluding hydrogens is 240 g/mol. The molecule has 4 heteroatoms. The first-order valence-electron chi connectivity index (χ1n) is 7.82. The Balaban J connectivity index is 1.41. The van der Waals surface area contributed by atoms with Crippen LogP contribution in [0.15, 0.2) is 0 Å². The monoisotopic (exact) mass is 266 g/mol. The Hall–Kier alpha value is -0.610. The van der Waals surface area contributed by atoms with Crippen LogP contribution in [-0.4, -0.2) is 31.2 Å². The third-order valence-electron chi connectivity index (χ3n) is 5.52. The number of carbonyl (C=O) groups is 1. The first-order valence-corrected chi connectivity index (χ1v) is 7.82. The van der Waals surface area contributed by atoms with Crippen molar-refractivity contribution in [2.75, 3.05) is 19.8 Å². The number of hydrogen-bond donors (Lipinski definition) is 2. The summed E-state index contributed by atoms with van der Waals surface area (Å²) >= 11 is 0. The second-order valence-corrected chi connectivity index (χ2v) is 6.75. The van der Waals surface area contributed by atoms with Gasteiger partial charge in [-0.05, 0) is 56.3 Å². The lowest BCUT2D eigenvalue weighted by molar-refractivity contribution is -0.129. The van der Waals surface area contributed by atoms with Crippen molar-refractivity contribution in [3.05, 3.63) is 0 Å². The highest BCUT2D eigenvalue weighted by Crippen LogP contribution is 2.49. The van der Waals surface area contributed by atoms with Gasteiger partial charge in [-0.25, -0.2) is 0 Å². The van der Waals surface area contributed by atoms with Crippen molar-refractivity contribution >= 4 is 5.91 Å². The standard InChI is InChI=1S/C15H26N2O2/c16-15(4-7-19-8-5-15)14(18)17-6-3-13-10-11-1-2-12(13)9-11/h11-13H,1-10,16H2,(H,17,18). The molecule has 3 unspecified atom stereocenters. The lowest BCUT2D eigenvalue weighted by atomic mass is 9.86. The van der Waals surface area contributed by atoms with Crippen LogP contribution < -0.4 is 11.1 Å². The number of ether oxygens (including phenoxy) is 1. The van der Waals surface area contributed by atoms with Gasteiger partial charge in [-0.2, -0.15) is 0 Å². The zero-order chi connectivity index (χ0) is 13.3. The van der Waals surface area contributed by atoms with E-state index in [-0.39, 0.29) is 5.91 Å². The maximum absolute atomic E-state index is 12.2. The van der Waals surface area contributed by atoms with E-state index in [9.17, 15) is 4.79 Å². The molecule has 3 rings (SSSR count). The molecule has 3 aliphatic rings. The van der Waals surface area contributed by atoms with Crippen molar-refractivity contribution in [2.45, 2.75) is 50.5 Å². The minimum atomic E-state index is -0.688. The third-order valence-corrected chi connectivity index (χ3v) is 5.52. The van der Waals surface area contributed by atoms with Gasteiger partial charge in [-0.1, -0.05) is 6.42 Å². The second kappa shape index (κ2) is 5.41. The summed E-state index contributed by atoms with van der Waals surface area (Å²) in [5.74, 6) is 2.81. The first kappa shape index (κ1) is 13.4. The zero-order valence-corrected chi connectivity index (χ0v) is 11.7. The number of hydrogen-bond acceptors (Lipinski definition) is 3. The molecule has 2 bridgehead atoms. The van der Waals surface area contributed by atoms with Gasteiger partial charge in [0, 0.05) is 19.8 Å². The van der Waals surface area contributed by atoms with E-state index in [2.05, 4.69) is 5.32 Å². The highest BCUT2D eigenvalue weighted by atomic mass is 16.5. The van der Waals surface area contributed by atoms with E-state index in [0.717, 1.165) is 30.7 Å². The van der Waals surface area contributed by atoms with Crippen LogP contribution in [-0.2, 0) is 9.53 Å². The molecule has 0 aromatic rings. The van der Waals surface area contributed by atoms with E-state index in [1.165, 1.54) is 25.7 Å². The van der Waals surface area contributed by atoms with Crippen molar-refractivity contribution < 1.29 is 9.53 Å². The molecule has 19 heavy (non-hydrogen) atoms. The summed E-state index contributed by atoms with van der Waals surface area (Å²) in [5, 5.41) is 3.06. The van der Waals surface area contributed by atoms with Crippen LogP contribution in [0.5, 0.6) is 0 Å². The van der Waals surface area contributed by atoms with Gasteiger partial charge >= 0.3 is 0 Å². The Morgan fingerprint density at radius 2 is 2.05 bits per heavy atom. The van der Waals surface area contributed by atoms with E-state index < -0.39 is 5.54 Å². The predicted octanol–water partition coefficient (Wildman–Crippen LogP) is 1.44. The summed E-state index contributed by atoms with van der Waals surface area (Å²) in [5.41, 5.74) is 5.48. The van der Waals surface area contributed by atoms with Gasteiger partial charge in [0.05, 0.1) is 5.54 Å². The van der Waals surface area contributed by atoms with Gasteiger partial charge < -0.3 is 15.8 Å². The number of rotatable bonds is 4. The number of fused-ring (bicyclic) bond motifs is 2. The Kier molecular flexibility index (Phi) is 3.81. The van der Waals surface area contributed by atoms with Crippen LogP contribution in [0.3, 0.4) is 0 Å². The fourth-order valence-electron chi connectivity index (χ4n) is 4.24. The summed E-state index contributed by atoms with van der Waals surface area (Å²) in [6.07, 6.45) is 8.12. The van der Waals surface area contributed by atoms with Crippen LogP contribution in [0, 0.1) is 17.8 Å². The van der Waals surface area contributed by atoms with E-state index >= 15 is 0 Å². The van der Waals surface area contributed by atoms with Gasteiger partial charge in [0.1, 0.15) is 0 Å². The molecule has 1 amide bonds. The lowest BCUT2D eigenvalue weighted by Gasteiger charge is -2.32. The first-order chi connectivity index (χ1) is 9.17. The summed E-state index contributed by atoms with van der Waals surface area (Å²) in [6.45, 7) is 2.01. The molecule has 2 aliphatic carbocycles. The smallest absolute Gasteiger partial charge is 0.240 e. The van der Waals surface area contributed by atoms with Crippen molar-refractivity contribution in [2.24, 2.45) is 23.5 Å². The summed E-state index contributed by atoms with van der Waals surface area (Å²) < 4.78 is 5.27. The molecule has 1 saturated heterocycles. The molecule has 1 heterocycles. The van der Waals surface area contributed by atoms with E-state index in [4.69, 9.17) is 10.5 Å². The van der Waals surface area contributed by atoms with Crippen LogP contribution in [0.1, 0.15) is 44.9 Å². The summed E-state index contributed by atoms with van der Waals surface area (Å²) in [7, 11) is 0. The molecule has 3 fully saturated rings. The fourth-order valence-corrected chi connectivity index (χ4v) is 4.24. The van der Waals surface area contributed by atoms with Crippen molar-refractivity contribution in [1.82, 2.24) is 5.32 Å². The molecule has 3 N–H and O–H groups in total. The minimum Gasteiger partial charge on any atom is -0.381 e. The van der Waals surface area contributed by atoms with Crippen LogP contribution in [0.25, 0.3) is 0 Å². The average molecular weight is 266 g/mol. The van der Waals surface area contributed by atoms with Crippen molar-refractivity contribution in [1.29, 1.82) is 0 Å². The largest absolute Gasteiger partial charge is 0.381 e. The number of nitrogens with two attached hydrogens (primary N) is 1. The third kappa shape index (κ3) is 2.79. The van der Waals surface area contributed by atoms with Gasteiger partial charge in [0.2, 0.25) is 5.91 Å². The Morgan fingerprint density at radius 3 is 2.68 bits per heavy atom. The Labute approximate surface area is 115 Å². The zero-order valence-electron chi connectivity index (χ0n) is 11.7. The molecule has 2 saturated carbocycles. The molecular formula is C15H26N2O2. The predicted molar refractivity (Wildman–Crippen MR) is 73.5 cm³/mol. The molecule has 0 aromatic carbocycles. The van der Waals surface area contributed by atoms with Crippen LogP contribution in [0.4, 0.5) is 0 Å². The molecule has 1 aliphatic heterocycles. The van der Waals surface area contributed by atoms with Gasteiger partial charge in [-0.3, -0.25) is 4.79 Å². The SMILES string of the molecule is NC1(C(=O)NCCC2CC3CCC2C3)CCOCC1. The van der Waals surface area contributed by atoms with Crippen molar-refractivity contribution in [3.8, 4) is 0 Å². The molecule has 3 atom stereocenters. The molecule has 108 valence electrons.